The SMILES string of the molecule is CCCc1ccccc1N1CCC(CNC2CC2)C1. The lowest BCUT2D eigenvalue weighted by Gasteiger charge is -2.22. The molecule has 0 radical (unpaired) electrons. The number of nitrogens with one attached hydrogen (secondary N) is 1. The van der Waals surface area contributed by atoms with E-state index >= 15 is 0 Å². The average molecular weight is 258 g/mol. The maximum absolute atomic E-state index is 3.68. The summed E-state index contributed by atoms with van der Waals surface area (Å²) in [6.45, 7) is 5.96. The molecule has 2 heteroatoms. The molecule has 0 bridgehead atoms. The minimum Gasteiger partial charge on any atom is -0.371 e. The molecule has 1 saturated carbocycles. The molecular weight excluding hydrogens is 232 g/mol. The molecule has 104 valence electrons. The minimum atomic E-state index is 0.843. The van der Waals surface area contributed by atoms with Crippen LogP contribution in [-0.2, 0) is 6.42 Å². The Morgan fingerprint density at radius 3 is 2.84 bits per heavy atom. The first-order valence-corrected chi connectivity index (χ1v) is 7.93. The first-order chi connectivity index (χ1) is 9.36. The van der Waals surface area contributed by atoms with Crippen LogP contribution in [0.2, 0.25) is 0 Å². The van der Waals surface area contributed by atoms with E-state index in [1.165, 1.54) is 63.0 Å². The third-order valence-corrected chi connectivity index (χ3v) is 4.41. The summed E-state index contributed by atoms with van der Waals surface area (Å²) in [6.07, 6.45) is 6.58. The standard InChI is InChI=1S/C17H26N2/c1-2-5-15-6-3-4-7-17(15)19-11-10-14(13-19)12-18-16-8-9-16/h3-4,6-7,14,16,18H,2,5,8-13H2,1H3. The molecule has 0 aromatic heterocycles. The second kappa shape index (κ2) is 5.96. The summed E-state index contributed by atoms with van der Waals surface area (Å²) in [5, 5.41) is 3.68. The molecule has 2 aliphatic rings. The van der Waals surface area contributed by atoms with Gasteiger partial charge in [-0.1, -0.05) is 31.5 Å². The molecule has 1 unspecified atom stereocenters. The van der Waals surface area contributed by atoms with Gasteiger partial charge in [-0.3, -0.25) is 0 Å². The van der Waals surface area contributed by atoms with Gasteiger partial charge in [-0.15, -0.1) is 0 Å². The number of para-hydroxylation sites is 1. The van der Waals surface area contributed by atoms with Gasteiger partial charge in [0.15, 0.2) is 0 Å². The first-order valence-electron chi connectivity index (χ1n) is 7.93. The maximum Gasteiger partial charge on any atom is 0.0398 e. The lowest BCUT2D eigenvalue weighted by molar-refractivity contribution is 0.515. The van der Waals surface area contributed by atoms with Gasteiger partial charge < -0.3 is 10.2 Å². The number of aryl methyl sites for hydroxylation is 1. The fraction of sp³-hybridized carbons (Fsp3) is 0.647. The van der Waals surface area contributed by atoms with Crippen molar-refractivity contribution in [3.8, 4) is 0 Å². The van der Waals surface area contributed by atoms with Crippen molar-refractivity contribution in [1.82, 2.24) is 5.32 Å². The largest absolute Gasteiger partial charge is 0.371 e. The summed E-state index contributed by atoms with van der Waals surface area (Å²) in [5.74, 6) is 0.843. The van der Waals surface area contributed by atoms with Gasteiger partial charge in [0.1, 0.15) is 0 Å². The molecule has 1 aliphatic heterocycles. The predicted molar refractivity (Wildman–Crippen MR) is 81.8 cm³/mol. The molecule has 1 saturated heterocycles. The highest BCUT2D eigenvalue weighted by Gasteiger charge is 2.26. The highest BCUT2D eigenvalue weighted by Crippen LogP contribution is 2.28. The second-order valence-corrected chi connectivity index (χ2v) is 6.16. The van der Waals surface area contributed by atoms with E-state index < -0.39 is 0 Å². The fourth-order valence-electron chi connectivity index (χ4n) is 3.14. The van der Waals surface area contributed by atoms with E-state index in [4.69, 9.17) is 0 Å². The Balaban J connectivity index is 1.59. The topological polar surface area (TPSA) is 15.3 Å². The smallest absolute Gasteiger partial charge is 0.0398 e. The van der Waals surface area contributed by atoms with Crippen molar-refractivity contribution < 1.29 is 0 Å². The number of anilines is 1. The molecule has 19 heavy (non-hydrogen) atoms. The summed E-state index contributed by atoms with van der Waals surface area (Å²) >= 11 is 0. The number of hydrogen-bond acceptors (Lipinski definition) is 2. The maximum atomic E-state index is 3.68. The lowest BCUT2D eigenvalue weighted by Crippen LogP contribution is -2.28. The molecule has 1 aromatic rings. The summed E-state index contributed by atoms with van der Waals surface area (Å²) in [6, 6.07) is 9.82. The highest BCUT2D eigenvalue weighted by atomic mass is 15.2. The lowest BCUT2D eigenvalue weighted by atomic mass is 10.1. The van der Waals surface area contributed by atoms with Gasteiger partial charge in [0, 0.05) is 24.8 Å². The monoisotopic (exact) mass is 258 g/mol. The van der Waals surface area contributed by atoms with Crippen LogP contribution in [0.1, 0.15) is 38.2 Å². The quantitative estimate of drug-likeness (QED) is 0.843. The van der Waals surface area contributed by atoms with Crippen LogP contribution >= 0.6 is 0 Å². The van der Waals surface area contributed by atoms with Crippen molar-refractivity contribution in [2.24, 2.45) is 5.92 Å². The Bertz CT molecular complexity index is 411. The van der Waals surface area contributed by atoms with Crippen molar-refractivity contribution in [3.63, 3.8) is 0 Å². The van der Waals surface area contributed by atoms with Crippen molar-refractivity contribution in [3.05, 3.63) is 29.8 Å². The highest BCUT2D eigenvalue weighted by molar-refractivity contribution is 5.54. The van der Waals surface area contributed by atoms with E-state index in [2.05, 4.69) is 41.4 Å². The molecule has 3 rings (SSSR count). The number of benzene rings is 1. The molecule has 1 N–H and O–H groups in total. The summed E-state index contributed by atoms with van der Waals surface area (Å²) in [5.41, 5.74) is 3.01. The van der Waals surface area contributed by atoms with Crippen molar-refractivity contribution in [2.75, 3.05) is 24.5 Å². The Morgan fingerprint density at radius 1 is 1.21 bits per heavy atom. The molecule has 0 spiro atoms. The van der Waals surface area contributed by atoms with Crippen molar-refractivity contribution in [2.45, 2.75) is 45.1 Å². The zero-order valence-corrected chi connectivity index (χ0v) is 12.1. The molecule has 2 nitrogen and oxygen atoms in total. The van der Waals surface area contributed by atoms with E-state index in [0.29, 0.717) is 0 Å². The van der Waals surface area contributed by atoms with Gasteiger partial charge in [-0.05, 0) is 49.8 Å². The zero-order valence-electron chi connectivity index (χ0n) is 12.1. The minimum absolute atomic E-state index is 0.843. The first kappa shape index (κ1) is 13.0. The number of rotatable bonds is 6. The van der Waals surface area contributed by atoms with Crippen LogP contribution < -0.4 is 10.2 Å². The Labute approximate surface area is 117 Å². The fourth-order valence-corrected chi connectivity index (χ4v) is 3.14. The van der Waals surface area contributed by atoms with Gasteiger partial charge in [-0.25, -0.2) is 0 Å². The van der Waals surface area contributed by atoms with Gasteiger partial charge in [0.2, 0.25) is 0 Å². The van der Waals surface area contributed by atoms with E-state index in [-0.39, 0.29) is 0 Å². The van der Waals surface area contributed by atoms with E-state index in [1.807, 2.05) is 0 Å². The van der Waals surface area contributed by atoms with E-state index in [1.54, 1.807) is 0 Å². The third-order valence-electron chi connectivity index (χ3n) is 4.41. The summed E-state index contributed by atoms with van der Waals surface area (Å²) in [7, 11) is 0. The van der Waals surface area contributed by atoms with Gasteiger partial charge in [0.05, 0.1) is 0 Å². The summed E-state index contributed by atoms with van der Waals surface area (Å²) < 4.78 is 0. The van der Waals surface area contributed by atoms with E-state index in [9.17, 15) is 0 Å². The zero-order chi connectivity index (χ0) is 13.1. The van der Waals surface area contributed by atoms with Gasteiger partial charge in [-0.2, -0.15) is 0 Å². The molecule has 1 heterocycles. The Morgan fingerprint density at radius 2 is 2.05 bits per heavy atom. The van der Waals surface area contributed by atoms with Crippen LogP contribution in [0.15, 0.2) is 24.3 Å². The molecule has 2 fully saturated rings. The Kier molecular flexibility index (Phi) is 4.07. The Hall–Kier alpha value is -1.02. The van der Waals surface area contributed by atoms with Crippen LogP contribution in [0, 0.1) is 5.92 Å². The van der Waals surface area contributed by atoms with E-state index in [0.717, 1.165) is 12.0 Å². The number of nitrogens with zero attached hydrogens (tertiary/aromatic N) is 1. The van der Waals surface area contributed by atoms with Gasteiger partial charge >= 0.3 is 0 Å². The van der Waals surface area contributed by atoms with Crippen LogP contribution in [0.3, 0.4) is 0 Å². The van der Waals surface area contributed by atoms with Crippen LogP contribution in [-0.4, -0.2) is 25.7 Å². The second-order valence-electron chi connectivity index (χ2n) is 6.16. The van der Waals surface area contributed by atoms with Crippen molar-refractivity contribution >= 4 is 5.69 Å². The van der Waals surface area contributed by atoms with Crippen LogP contribution in [0.25, 0.3) is 0 Å². The predicted octanol–water partition coefficient (Wildman–Crippen LogP) is 3.22. The number of hydrogen-bond donors (Lipinski definition) is 1. The van der Waals surface area contributed by atoms with Crippen LogP contribution in [0.5, 0.6) is 0 Å². The average Bonchev–Trinajstić information content (AvgIpc) is 3.15. The normalized spacial score (nSPS) is 23.0. The molecular formula is C17H26N2. The van der Waals surface area contributed by atoms with Crippen molar-refractivity contribution in [1.29, 1.82) is 0 Å². The third kappa shape index (κ3) is 3.30. The van der Waals surface area contributed by atoms with Crippen LogP contribution in [0.4, 0.5) is 5.69 Å². The molecule has 1 aromatic carbocycles. The molecule has 1 aliphatic carbocycles. The summed E-state index contributed by atoms with van der Waals surface area (Å²) in [4.78, 5) is 2.60. The molecule has 1 atom stereocenters. The molecule has 0 amide bonds. The van der Waals surface area contributed by atoms with Gasteiger partial charge in [0.25, 0.3) is 0 Å².